The first-order valence-corrected chi connectivity index (χ1v) is 6.46. The van der Waals surface area contributed by atoms with E-state index >= 15 is 0 Å². The monoisotopic (exact) mass is 208 g/mol. The number of nitrogens with zero attached hydrogens (tertiary/aromatic N) is 1. The zero-order valence-corrected chi connectivity index (χ0v) is 9.75. The summed E-state index contributed by atoms with van der Waals surface area (Å²) in [6.45, 7) is 8.82. The van der Waals surface area contributed by atoms with Crippen molar-refractivity contribution in [1.29, 1.82) is 0 Å². The molecule has 2 heteroatoms. The second-order valence-electron chi connectivity index (χ2n) is 5.02. The summed E-state index contributed by atoms with van der Waals surface area (Å²) >= 11 is 0. The third-order valence-corrected chi connectivity index (χ3v) is 3.58. The van der Waals surface area contributed by atoms with Crippen LogP contribution in [0, 0.1) is 5.92 Å². The quantitative estimate of drug-likeness (QED) is 0.509. The van der Waals surface area contributed by atoms with E-state index in [-0.39, 0.29) is 0 Å². The van der Waals surface area contributed by atoms with Crippen molar-refractivity contribution in [3.63, 3.8) is 0 Å². The highest BCUT2D eigenvalue weighted by Gasteiger charge is 2.33. The molecule has 86 valence electrons. The van der Waals surface area contributed by atoms with Crippen molar-refractivity contribution in [3.8, 4) is 0 Å². The van der Waals surface area contributed by atoms with Crippen molar-refractivity contribution in [2.24, 2.45) is 5.92 Å². The average molecular weight is 208 g/mol. The van der Waals surface area contributed by atoms with Crippen LogP contribution >= 0.6 is 0 Å². The molecule has 1 saturated heterocycles. The highest BCUT2D eigenvalue weighted by atomic mass is 15.2. The SMILES string of the molecule is C=CCCCNCC1CCN(C2CC2)C1. The average Bonchev–Trinajstić information content (AvgIpc) is 2.99. The smallest absolute Gasteiger partial charge is 0.00965 e. The Balaban J connectivity index is 1.50. The van der Waals surface area contributed by atoms with Crippen LogP contribution in [0.1, 0.15) is 32.1 Å². The van der Waals surface area contributed by atoms with Gasteiger partial charge in [-0.1, -0.05) is 6.08 Å². The van der Waals surface area contributed by atoms with E-state index in [1.54, 1.807) is 0 Å². The van der Waals surface area contributed by atoms with Crippen molar-refractivity contribution in [3.05, 3.63) is 12.7 Å². The molecule has 2 rings (SSSR count). The van der Waals surface area contributed by atoms with Gasteiger partial charge in [0.1, 0.15) is 0 Å². The van der Waals surface area contributed by atoms with Gasteiger partial charge in [-0.15, -0.1) is 6.58 Å². The summed E-state index contributed by atoms with van der Waals surface area (Å²) < 4.78 is 0. The van der Waals surface area contributed by atoms with Crippen molar-refractivity contribution in [2.45, 2.75) is 38.1 Å². The fourth-order valence-electron chi connectivity index (χ4n) is 2.48. The lowest BCUT2D eigenvalue weighted by molar-refractivity contribution is 0.312. The van der Waals surface area contributed by atoms with Gasteiger partial charge in [0.25, 0.3) is 0 Å². The lowest BCUT2D eigenvalue weighted by Gasteiger charge is -2.15. The molecule has 0 amide bonds. The van der Waals surface area contributed by atoms with Gasteiger partial charge in [-0.2, -0.15) is 0 Å². The minimum absolute atomic E-state index is 0.911. The van der Waals surface area contributed by atoms with Gasteiger partial charge in [-0.25, -0.2) is 0 Å². The van der Waals surface area contributed by atoms with Gasteiger partial charge in [0.2, 0.25) is 0 Å². The molecule has 1 saturated carbocycles. The maximum atomic E-state index is 3.74. The fraction of sp³-hybridized carbons (Fsp3) is 0.846. The summed E-state index contributed by atoms with van der Waals surface area (Å²) in [4.78, 5) is 2.69. The van der Waals surface area contributed by atoms with Crippen LogP contribution in [-0.2, 0) is 0 Å². The maximum Gasteiger partial charge on any atom is 0.00965 e. The molecular weight excluding hydrogens is 184 g/mol. The predicted molar refractivity (Wildman–Crippen MR) is 65.0 cm³/mol. The summed E-state index contributed by atoms with van der Waals surface area (Å²) in [6.07, 6.45) is 8.71. The highest BCUT2D eigenvalue weighted by molar-refractivity contribution is 4.89. The lowest BCUT2D eigenvalue weighted by atomic mass is 10.1. The van der Waals surface area contributed by atoms with Gasteiger partial charge in [0.05, 0.1) is 0 Å². The molecule has 2 aliphatic rings. The molecule has 1 aliphatic carbocycles. The summed E-state index contributed by atoms with van der Waals surface area (Å²) in [5.41, 5.74) is 0. The topological polar surface area (TPSA) is 15.3 Å². The van der Waals surface area contributed by atoms with Crippen LogP contribution in [-0.4, -0.2) is 37.1 Å². The normalized spacial score (nSPS) is 27.1. The minimum atomic E-state index is 0.911. The number of likely N-dealkylation sites (tertiary alicyclic amines) is 1. The summed E-state index contributed by atoms with van der Waals surface area (Å²) in [7, 11) is 0. The van der Waals surface area contributed by atoms with Crippen LogP contribution in [0.3, 0.4) is 0 Å². The molecule has 0 aromatic rings. The second-order valence-corrected chi connectivity index (χ2v) is 5.02. The summed E-state index contributed by atoms with van der Waals surface area (Å²) in [6, 6.07) is 0.968. The zero-order valence-electron chi connectivity index (χ0n) is 9.75. The lowest BCUT2D eigenvalue weighted by Crippen LogP contribution is -2.28. The van der Waals surface area contributed by atoms with Crippen LogP contribution in [0.15, 0.2) is 12.7 Å². The molecule has 2 nitrogen and oxygen atoms in total. The molecule has 0 aromatic carbocycles. The van der Waals surface area contributed by atoms with Crippen LogP contribution < -0.4 is 5.32 Å². The molecular formula is C13H24N2. The third kappa shape index (κ3) is 3.62. The molecule has 2 fully saturated rings. The van der Waals surface area contributed by atoms with E-state index in [2.05, 4.69) is 16.8 Å². The first-order chi connectivity index (χ1) is 7.40. The van der Waals surface area contributed by atoms with Gasteiger partial charge >= 0.3 is 0 Å². The van der Waals surface area contributed by atoms with Gasteiger partial charge in [-0.3, -0.25) is 0 Å². The molecule has 15 heavy (non-hydrogen) atoms. The molecule has 0 spiro atoms. The molecule has 1 aliphatic heterocycles. The van der Waals surface area contributed by atoms with Gasteiger partial charge < -0.3 is 10.2 Å². The first kappa shape index (κ1) is 11.2. The van der Waals surface area contributed by atoms with Crippen LogP contribution in [0.5, 0.6) is 0 Å². The number of hydrogen-bond acceptors (Lipinski definition) is 2. The Bertz CT molecular complexity index is 199. The number of unbranched alkanes of at least 4 members (excludes halogenated alkanes) is 1. The van der Waals surface area contributed by atoms with Crippen molar-refractivity contribution in [2.75, 3.05) is 26.2 Å². The molecule has 1 N–H and O–H groups in total. The van der Waals surface area contributed by atoms with E-state index in [1.807, 2.05) is 6.08 Å². The molecule has 1 unspecified atom stereocenters. The van der Waals surface area contributed by atoms with Crippen LogP contribution in [0.2, 0.25) is 0 Å². The van der Waals surface area contributed by atoms with E-state index in [4.69, 9.17) is 0 Å². The molecule has 0 bridgehead atoms. The molecule has 1 heterocycles. The molecule has 0 aromatic heterocycles. The van der Waals surface area contributed by atoms with Gasteiger partial charge in [-0.05, 0) is 57.7 Å². The Kier molecular flexibility index (Phi) is 4.21. The third-order valence-electron chi connectivity index (χ3n) is 3.58. The summed E-state index contributed by atoms with van der Waals surface area (Å²) in [5.74, 6) is 0.911. The van der Waals surface area contributed by atoms with Gasteiger partial charge in [0.15, 0.2) is 0 Å². The van der Waals surface area contributed by atoms with Crippen molar-refractivity contribution < 1.29 is 0 Å². The van der Waals surface area contributed by atoms with Crippen molar-refractivity contribution in [1.82, 2.24) is 10.2 Å². The largest absolute Gasteiger partial charge is 0.316 e. The van der Waals surface area contributed by atoms with E-state index in [9.17, 15) is 0 Å². The number of rotatable bonds is 7. The first-order valence-electron chi connectivity index (χ1n) is 6.46. The Morgan fingerprint density at radius 2 is 2.20 bits per heavy atom. The highest BCUT2D eigenvalue weighted by Crippen LogP contribution is 2.31. The number of nitrogens with one attached hydrogen (secondary N) is 1. The Morgan fingerprint density at radius 1 is 1.33 bits per heavy atom. The standard InChI is InChI=1S/C13H24N2/c1-2-3-4-8-14-10-12-7-9-15(11-12)13-5-6-13/h2,12-14H,1,3-11H2. The van der Waals surface area contributed by atoms with E-state index in [1.165, 1.54) is 45.3 Å². The van der Waals surface area contributed by atoms with Crippen LogP contribution in [0.4, 0.5) is 0 Å². The Morgan fingerprint density at radius 3 is 2.93 bits per heavy atom. The molecule has 0 radical (unpaired) electrons. The Hall–Kier alpha value is -0.340. The number of allylic oxidation sites excluding steroid dienone is 1. The minimum Gasteiger partial charge on any atom is -0.316 e. The van der Waals surface area contributed by atoms with E-state index in [0.29, 0.717) is 0 Å². The Labute approximate surface area is 93.7 Å². The van der Waals surface area contributed by atoms with E-state index < -0.39 is 0 Å². The van der Waals surface area contributed by atoms with E-state index in [0.717, 1.165) is 24.9 Å². The van der Waals surface area contributed by atoms with Crippen molar-refractivity contribution >= 4 is 0 Å². The van der Waals surface area contributed by atoms with Gasteiger partial charge in [0, 0.05) is 12.6 Å². The predicted octanol–water partition coefficient (Wildman–Crippen LogP) is 2.03. The van der Waals surface area contributed by atoms with Crippen LogP contribution in [0.25, 0.3) is 0 Å². The maximum absolute atomic E-state index is 3.74. The second kappa shape index (κ2) is 5.66. The molecule has 1 atom stereocenters. The number of hydrogen-bond donors (Lipinski definition) is 1. The zero-order chi connectivity index (χ0) is 10.5. The fourth-order valence-corrected chi connectivity index (χ4v) is 2.48. The summed E-state index contributed by atoms with van der Waals surface area (Å²) in [5, 5.41) is 3.57.